The van der Waals surface area contributed by atoms with Gasteiger partial charge in [-0.1, -0.05) is 30.3 Å². The Morgan fingerprint density at radius 2 is 1.78 bits per heavy atom. The summed E-state index contributed by atoms with van der Waals surface area (Å²) in [7, 11) is 0. The highest BCUT2D eigenvalue weighted by Gasteiger charge is 2.27. The molecule has 0 N–H and O–H groups in total. The van der Waals surface area contributed by atoms with Crippen LogP contribution in [0.25, 0.3) is 0 Å². The van der Waals surface area contributed by atoms with Crippen LogP contribution in [0, 0.1) is 0 Å². The Morgan fingerprint density at radius 1 is 1.22 bits per heavy atom. The molecule has 0 saturated carbocycles. The van der Waals surface area contributed by atoms with Crippen molar-refractivity contribution in [2.45, 2.75) is 5.92 Å². The van der Waals surface area contributed by atoms with Gasteiger partial charge in [0.2, 0.25) is 0 Å². The summed E-state index contributed by atoms with van der Waals surface area (Å²) >= 11 is 0. The summed E-state index contributed by atoms with van der Waals surface area (Å²) < 4.78 is 0. The van der Waals surface area contributed by atoms with Crippen LogP contribution in [0.3, 0.4) is 0 Å². The molecule has 1 aromatic carbocycles. The third-order valence-electron chi connectivity index (χ3n) is 1.82. The number of fused-ring (bicyclic) bond motifs is 1. The van der Waals surface area contributed by atoms with E-state index in [4.69, 9.17) is 0 Å². The lowest BCUT2D eigenvalue weighted by atomic mass is 10.3. The Morgan fingerprint density at radius 3 is 2.22 bits per heavy atom. The van der Waals surface area contributed by atoms with E-state index < -0.39 is 0 Å². The first kappa shape index (κ1) is 4.80. The molecule has 0 fully saturated rings. The first-order valence-corrected chi connectivity index (χ1v) is 3.15. The fourth-order valence-corrected chi connectivity index (χ4v) is 1.25. The summed E-state index contributed by atoms with van der Waals surface area (Å²) in [5.74, 6) is 0.583. The molecule has 0 nitrogen and oxygen atoms in total. The number of hydrogen-bond acceptors (Lipinski definition) is 0. The maximum Gasteiger partial charge on any atom is 0.0273 e. The van der Waals surface area contributed by atoms with E-state index in [0.29, 0.717) is 5.92 Å². The van der Waals surface area contributed by atoms with Gasteiger partial charge in [-0.05, 0) is 11.1 Å². The van der Waals surface area contributed by atoms with Crippen LogP contribution in [0.5, 0.6) is 0 Å². The maximum atomic E-state index is 3.74. The minimum Gasteiger partial charge on any atom is -0.102 e. The molecule has 44 valence electrons. The molecule has 1 aliphatic rings. The van der Waals surface area contributed by atoms with Crippen LogP contribution in [0.4, 0.5) is 0 Å². The number of rotatable bonds is 1. The van der Waals surface area contributed by atoms with E-state index in [2.05, 4.69) is 30.8 Å². The Labute approximate surface area is 54.8 Å². The fourth-order valence-electron chi connectivity index (χ4n) is 1.25. The zero-order valence-electron chi connectivity index (χ0n) is 5.17. The van der Waals surface area contributed by atoms with Gasteiger partial charge in [-0.2, -0.15) is 0 Å². The average Bonchev–Trinajstić information content (AvgIpc) is 2.60. The summed E-state index contributed by atoms with van der Waals surface area (Å²) in [4.78, 5) is 0. The highest BCUT2D eigenvalue weighted by atomic mass is 14.3. The molecule has 0 heteroatoms. The molecule has 0 saturated heterocycles. The van der Waals surface area contributed by atoms with E-state index in [1.165, 1.54) is 11.1 Å². The fraction of sp³-hybridized carbons (Fsp3) is 0.111. The van der Waals surface area contributed by atoms with Crippen LogP contribution in [-0.2, 0) is 0 Å². The van der Waals surface area contributed by atoms with Crippen molar-refractivity contribution in [3.8, 4) is 0 Å². The Bertz CT molecular complexity index is 225. The van der Waals surface area contributed by atoms with E-state index in [1.54, 1.807) is 0 Å². The van der Waals surface area contributed by atoms with Gasteiger partial charge in [0.05, 0.1) is 0 Å². The van der Waals surface area contributed by atoms with Crippen molar-refractivity contribution >= 4 is 0 Å². The minimum atomic E-state index is 0.583. The van der Waals surface area contributed by atoms with Crippen LogP contribution < -0.4 is 0 Å². The molecule has 0 heterocycles. The lowest BCUT2D eigenvalue weighted by molar-refractivity contribution is 1.32. The minimum absolute atomic E-state index is 0.583. The molecule has 0 aromatic heterocycles. The highest BCUT2D eigenvalue weighted by Crippen LogP contribution is 2.43. The van der Waals surface area contributed by atoms with Gasteiger partial charge in [0.25, 0.3) is 0 Å². The molecular weight excluding hydrogens is 108 g/mol. The van der Waals surface area contributed by atoms with Gasteiger partial charge < -0.3 is 0 Å². The highest BCUT2D eigenvalue weighted by molar-refractivity contribution is 5.55. The standard InChI is InChI=1S/C9H8/c1-2-7-8-5-3-4-6-9(7)8/h2-7H,1H2. The SMILES string of the molecule is C=CC1c2ccccc21. The molecule has 0 amide bonds. The number of benzene rings is 1. The van der Waals surface area contributed by atoms with Gasteiger partial charge >= 0.3 is 0 Å². The van der Waals surface area contributed by atoms with Crippen LogP contribution in [0.1, 0.15) is 17.0 Å². The summed E-state index contributed by atoms with van der Waals surface area (Å²) in [6.07, 6.45) is 1.99. The second-order valence-electron chi connectivity index (χ2n) is 2.34. The third kappa shape index (κ3) is 0.531. The van der Waals surface area contributed by atoms with E-state index in [1.807, 2.05) is 6.08 Å². The average molecular weight is 116 g/mol. The molecule has 9 heavy (non-hydrogen) atoms. The zero-order valence-corrected chi connectivity index (χ0v) is 5.17. The smallest absolute Gasteiger partial charge is 0.0273 e. The van der Waals surface area contributed by atoms with E-state index >= 15 is 0 Å². The molecule has 0 unspecified atom stereocenters. The first-order chi connectivity index (χ1) is 4.43. The predicted octanol–water partition coefficient (Wildman–Crippen LogP) is 2.32. The van der Waals surface area contributed by atoms with Crippen molar-refractivity contribution in [2.75, 3.05) is 0 Å². The van der Waals surface area contributed by atoms with Gasteiger partial charge in [-0.15, -0.1) is 6.58 Å². The molecule has 1 aliphatic carbocycles. The largest absolute Gasteiger partial charge is 0.102 e. The lowest BCUT2D eigenvalue weighted by Gasteiger charge is -1.72. The van der Waals surface area contributed by atoms with Crippen molar-refractivity contribution in [2.24, 2.45) is 0 Å². The first-order valence-electron chi connectivity index (χ1n) is 3.15. The topological polar surface area (TPSA) is 0 Å². The normalized spacial score (nSPS) is 14.7. The lowest BCUT2D eigenvalue weighted by Crippen LogP contribution is -1.56. The van der Waals surface area contributed by atoms with Crippen molar-refractivity contribution in [1.29, 1.82) is 0 Å². The number of allylic oxidation sites excluding steroid dienone is 1. The van der Waals surface area contributed by atoms with E-state index in [0.717, 1.165) is 0 Å². The summed E-state index contributed by atoms with van der Waals surface area (Å²) in [5.41, 5.74) is 2.90. The Kier molecular flexibility index (Phi) is 0.786. The van der Waals surface area contributed by atoms with Crippen LogP contribution >= 0.6 is 0 Å². The quantitative estimate of drug-likeness (QED) is 0.494. The van der Waals surface area contributed by atoms with Gasteiger partial charge in [0.1, 0.15) is 0 Å². The Balaban J connectivity index is 2.46. The van der Waals surface area contributed by atoms with Crippen LogP contribution in [0.15, 0.2) is 36.9 Å². The van der Waals surface area contributed by atoms with Gasteiger partial charge in [0, 0.05) is 5.92 Å². The summed E-state index contributed by atoms with van der Waals surface area (Å²) in [6, 6.07) is 8.45. The molecule has 0 aliphatic heterocycles. The zero-order chi connectivity index (χ0) is 6.27. The molecule has 0 bridgehead atoms. The molecular formula is C9H8. The Hall–Kier alpha value is -1.04. The predicted molar refractivity (Wildman–Crippen MR) is 38.5 cm³/mol. The molecule has 0 spiro atoms. The second kappa shape index (κ2) is 1.47. The van der Waals surface area contributed by atoms with Gasteiger partial charge in [-0.25, -0.2) is 0 Å². The van der Waals surface area contributed by atoms with Crippen molar-refractivity contribution < 1.29 is 0 Å². The van der Waals surface area contributed by atoms with Crippen molar-refractivity contribution in [3.63, 3.8) is 0 Å². The summed E-state index contributed by atoms with van der Waals surface area (Å²) in [5, 5.41) is 0. The monoisotopic (exact) mass is 116 g/mol. The molecule has 1 aromatic rings. The summed E-state index contributed by atoms with van der Waals surface area (Å²) in [6.45, 7) is 3.74. The van der Waals surface area contributed by atoms with Crippen molar-refractivity contribution in [3.05, 3.63) is 48.0 Å². The molecule has 2 rings (SSSR count). The van der Waals surface area contributed by atoms with Gasteiger partial charge in [-0.3, -0.25) is 0 Å². The maximum absolute atomic E-state index is 3.74. The van der Waals surface area contributed by atoms with Gasteiger partial charge in [0.15, 0.2) is 0 Å². The molecule has 0 atom stereocenters. The van der Waals surface area contributed by atoms with Crippen LogP contribution in [0.2, 0.25) is 0 Å². The molecule has 0 radical (unpaired) electrons. The third-order valence-corrected chi connectivity index (χ3v) is 1.82. The van der Waals surface area contributed by atoms with Crippen molar-refractivity contribution in [1.82, 2.24) is 0 Å². The second-order valence-corrected chi connectivity index (χ2v) is 2.34. The number of hydrogen-bond donors (Lipinski definition) is 0. The van der Waals surface area contributed by atoms with E-state index in [9.17, 15) is 0 Å². The van der Waals surface area contributed by atoms with E-state index in [-0.39, 0.29) is 0 Å². The van der Waals surface area contributed by atoms with Crippen LogP contribution in [-0.4, -0.2) is 0 Å².